The van der Waals surface area contributed by atoms with Crippen molar-refractivity contribution in [3.63, 3.8) is 0 Å². The first-order valence-electron chi connectivity index (χ1n) is 4.90. The first kappa shape index (κ1) is 13.2. The molecule has 1 amide bonds. The number of benzene rings is 1. The number of rotatable bonds is 2. The molecule has 0 radical (unpaired) electrons. The normalized spacial score (nSPS) is 10.1. The second kappa shape index (κ2) is 5.61. The summed E-state index contributed by atoms with van der Waals surface area (Å²) >= 11 is 5.58. The molecular weight excluding hydrogens is 411 g/mol. The van der Waals surface area contributed by atoms with E-state index in [1.807, 2.05) is 18.2 Å². The van der Waals surface area contributed by atoms with E-state index in [9.17, 15) is 4.79 Å². The van der Waals surface area contributed by atoms with Gasteiger partial charge in [-0.2, -0.15) is 0 Å². The van der Waals surface area contributed by atoms with Crippen molar-refractivity contribution in [2.75, 3.05) is 11.1 Å². The summed E-state index contributed by atoms with van der Waals surface area (Å²) < 4.78 is 1.89. The number of carbonyl (C=O) groups excluding carboxylic acids is 1. The van der Waals surface area contributed by atoms with Gasteiger partial charge in [-0.15, -0.1) is 0 Å². The lowest BCUT2D eigenvalue weighted by Gasteiger charge is -2.07. The molecule has 0 unspecified atom stereocenters. The summed E-state index contributed by atoms with van der Waals surface area (Å²) in [6.07, 6.45) is 2.68. The third kappa shape index (κ3) is 3.16. The summed E-state index contributed by atoms with van der Waals surface area (Å²) in [5.74, 6) is -0.0496. The van der Waals surface area contributed by atoms with Crippen molar-refractivity contribution < 1.29 is 4.79 Å². The number of hydrogen-bond donors (Lipinski definition) is 2. The van der Waals surface area contributed by atoms with E-state index in [1.54, 1.807) is 0 Å². The molecule has 0 fully saturated rings. The number of amides is 1. The van der Waals surface area contributed by atoms with Crippen molar-refractivity contribution >= 4 is 55.9 Å². The number of carbonyl (C=O) groups is 1. The molecule has 0 saturated heterocycles. The van der Waals surface area contributed by atoms with Crippen molar-refractivity contribution in [3.05, 3.63) is 44.3 Å². The standard InChI is InChI=1S/C11H8BrIN4O/c12-7-3-6(13)1-2-8(7)17-11(18)9-4-16-10(14)5-15-9/h1-5H,(H2,14,16)(H,17,18). The van der Waals surface area contributed by atoms with Crippen LogP contribution in [-0.2, 0) is 0 Å². The molecule has 92 valence electrons. The van der Waals surface area contributed by atoms with Gasteiger partial charge in [0.15, 0.2) is 0 Å². The van der Waals surface area contributed by atoms with Gasteiger partial charge in [0, 0.05) is 8.04 Å². The number of anilines is 2. The molecule has 2 aromatic rings. The van der Waals surface area contributed by atoms with Gasteiger partial charge >= 0.3 is 0 Å². The van der Waals surface area contributed by atoms with Gasteiger partial charge in [-0.3, -0.25) is 4.79 Å². The quantitative estimate of drug-likeness (QED) is 0.734. The van der Waals surface area contributed by atoms with Crippen molar-refractivity contribution in [3.8, 4) is 0 Å². The van der Waals surface area contributed by atoms with Crippen molar-refractivity contribution in [1.29, 1.82) is 0 Å². The maximum atomic E-state index is 11.9. The Morgan fingerprint density at radius 1 is 1.33 bits per heavy atom. The molecule has 0 aliphatic carbocycles. The lowest BCUT2D eigenvalue weighted by Crippen LogP contribution is -2.14. The number of halogens is 2. The van der Waals surface area contributed by atoms with Crippen molar-refractivity contribution in [2.45, 2.75) is 0 Å². The molecule has 0 saturated carbocycles. The maximum absolute atomic E-state index is 11.9. The van der Waals surface area contributed by atoms with Gasteiger partial charge in [-0.25, -0.2) is 9.97 Å². The number of nitrogen functional groups attached to an aromatic ring is 1. The van der Waals surface area contributed by atoms with E-state index < -0.39 is 0 Å². The zero-order valence-corrected chi connectivity index (χ0v) is 12.8. The summed E-state index contributed by atoms with van der Waals surface area (Å²) in [7, 11) is 0. The van der Waals surface area contributed by atoms with Gasteiger partial charge in [-0.1, -0.05) is 0 Å². The van der Waals surface area contributed by atoms with Gasteiger partial charge in [0.05, 0.1) is 18.1 Å². The predicted octanol–water partition coefficient (Wildman–Crippen LogP) is 2.68. The summed E-state index contributed by atoms with van der Waals surface area (Å²) in [5.41, 5.74) is 6.30. The summed E-state index contributed by atoms with van der Waals surface area (Å²) in [6, 6.07) is 5.62. The topological polar surface area (TPSA) is 80.9 Å². The molecule has 7 heteroatoms. The Kier molecular flexibility index (Phi) is 4.12. The van der Waals surface area contributed by atoms with Crippen LogP contribution in [0.5, 0.6) is 0 Å². The Bertz CT molecular complexity index is 588. The monoisotopic (exact) mass is 418 g/mol. The van der Waals surface area contributed by atoms with Crippen LogP contribution in [0.15, 0.2) is 35.1 Å². The highest BCUT2D eigenvalue weighted by molar-refractivity contribution is 14.1. The SMILES string of the molecule is Nc1cnc(C(=O)Nc2ccc(I)cc2Br)cn1. The molecule has 0 aliphatic rings. The molecule has 3 N–H and O–H groups in total. The van der Waals surface area contributed by atoms with E-state index in [0.29, 0.717) is 5.69 Å². The van der Waals surface area contributed by atoms with Crippen molar-refractivity contribution in [2.24, 2.45) is 0 Å². The first-order valence-corrected chi connectivity index (χ1v) is 6.77. The summed E-state index contributed by atoms with van der Waals surface area (Å²) in [4.78, 5) is 19.6. The fraction of sp³-hybridized carbons (Fsp3) is 0. The zero-order valence-electron chi connectivity index (χ0n) is 9.02. The summed E-state index contributed by atoms with van der Waals surface area (Å²) in [5, 5.41) is 2.74. The molecule has 1 heterocycles. The fourth-order valence-corrected chi connectivity index (χ4v) is 2.63. The van der Waals surface area contributed by atoms with Crippen LogP contribution in [0.1, 0.15) is 10.5 Å². The van der Waals surface area contributed by atoms with Gasteiger partial charge in [-0.05, 0) is 56.7 Å². The van der Waals surface area contributed by atoms with Crippen LogP contribution in [0.3, 0.4) is 0 Å². The van der Waals surface area contributed by atoms with Crippen LogP contribution in [0.2, 0.25) is 0 Å². The molecule has 2 rings (SSSR count). The Labute approximate surface area is 125 Å². The molecule has 0 atom stereocenters. The lowest BCUT2D eigenvalue weighted by atomic mass is 10.3. The van der Waals surface area contributed by atoms with E-state index in [1.165, 1.54) is 12.4 Å². The third-order valence-corrected chi connectivity index (χ3v) is 3.41. The average Bonchev–Trinajstić information content (AvgIpc) is 2.33. The molecule has 1 aromatic heterocycles. The molecule has 18 heavy (non-hydrogen) atoms. The van der Waals surface area contributed by atoms with Crippen LogP contribution in [-0.4, -0.2) is 15.9 Å². The van der Waals surface area contributed by atoms with Crippen LogP contribution < -0.4 is 11.1 Å². The molecule has 0 aliphatic heterocycles. The minimum absolute atomic E-state index is 0.217. The molecule has 1 aromatic carbocycles. The minimum atomic E-state index is -0.329. The second-order valence-corrected chi connectivity index (χ2v) is 5.50. The Hall–Kier alpha value is -1.22. The third-order valence-electron chi connectivity index (χ3n) is 2.08. The Balaban J connectivity index is 2.18. The number of nitrogens with two attached hydrogens (primary N) is 1. The van der Waals surface area contributed by atoms with E-state index in [2.05, 4.69) is 53.8 Å². The second-order valence-electron chi connectivity index (χ2n) is 3.40. The van der Waals surface area contributed by atoms with Crippen molar-refractivity contribution in [1.82, 2.24) is 9.97 Å². The Morgan fingerprint density at radius 3 is 2.72 bits per heavy atom. The maximum Gasteiger partial charge on any atom is 0.275 e. The Morgan fingerprint density at radius 2 is 2.11 bits per heavy atom. The highest BCUT2D eigenvalue weighted by Gasteiger charge is 2.10. The van der Waals surface area contributed by atoms with Gasteiger partial charge in [0.2, 0.25) is 0 Å². The lowest BCUT2D eigenvalue weighted by molar-refractivity contribution is 0.102. The van der Waals surface area contributed by atoms with Crippen LogP contribution in [0.25, 0.3) is 0 Å². The molecule has 5 nitrogen and oxygen atoms in total. The van der Waals surface area contributed by atoms with Crippen LogP contribution in [0, 0.1) is 3.57 Å². The van der Waals surface area contributed by atoms with Crippen LogP contribution in [0.4, 0.5) is 11.5 Å². The van der Waals surface area contributed by atoms with E-state index >= 15 is 0 Å². The highest BCUT2D eigenvalue weighted by Crippen LogP contribution is 2.24. The predicted molar refractivity (Wildman–Crippen MR) is 81.3 cm³/mol. The number of nitrogens with zero attached hydrogens (tertiary/aromatic N) is 2. The highest BCUT2D eigenvalue weighted by atomic mass is 127. The van der Waals surface area contributed by atoms with Gasteiger partial charge in [0.25, 0.3) is 5.91 Å². The molecular formula is C11H8BrIN4O. The zero-order chi connectivity index (χ0) is 13.1. The van der Waals surface area contributed by atoms with E-state index in [0.717, 1.165) is 8.04 Å². The number of aromatic nitrogens is 2. The van der Waals surface area contributed by atoms with E-state index in [4.69, 9.17) is 5.73 Å². The van der Waals surface area contributed by atoms with Gasteiger partial charge in [0.1, 0.15) is 11.5 Å². The minimum Gasteiger partial charge on any atom is -0.382 e. The van der Waals surface area contributed by atoms with Gasteiger partial charge < -0.3 is 11.1 Å². The summed E-state index contributed by atoms with van der Waals surface area (Å²) in [6.45, 7) is 0. The largest absolute Gasteiger partial charge is 0.382 e. The fourth-order valence-electron chi connectivity index (χ4n) is 1.23. The average molecular weight is 419 g/mol. The molecule has 0 bridgehead atoms. The number of hydrogen-bond acceptors (Lipinski definition) is 4. The first-order chi connectivity index (χ1) is 8.56. The van der Waals surface area contributed by atoms with Crippen LogP contribution >= 0.6 is 38.5 Å². The number of nitrogens with one attached hydrogen (secondary N) is 1. The van der Waals surface area contributed by atoms with E-state index in [-0.39, 0.29) is 17.4 Å². The smallest absolute Gasteiger partial charge is 0.275 e. The molecule has 0 spiro atoms.